The summed E-state index contributed by atoms with van der Waals surface area (Å²) in [6.45, 7) is 3.44. The van der Waals surface area contributed by atoms with Gasteiger partial charge in [-0.25, -0.2) is 0 Å². The molecule has 222 valence electrons. The molecule has 6 aromatic rings. The van der Waals surface area contributed by atoms with Crippen LogP contribution in [0.2, 0.25) is 0 Å². The highest BCUT2D eigenvalue weighted by Crippen LogP contribution is 2.30. The second kappa shape index (κ2) is 11.7. The lowest BCUT2D eigenvalue weighted by Crippen LogP contribution is -2.39. The number of carbonyl (C=O) groups is 2. The molecule has 0 atom stereocenters. The number of phenolic OH excluding ortho intramolecular Hbond substituents is 2. The molecule has 0 unspecified atom stereocenters. The Hall–Kier alpha value is -4.82. The zero-order chi connectivity index (χ0) is 31.1. The first-order chi connectivity index (χ1) is 21.0. The maximum Gasteiger partial charge on any atom is 0.309 e. The number of carbonyl (C=O) groups excluding carboxylic acids is 2. The Kier molecular flexibility index (Phi) is 7.78. The van der Waals surface area contributed by atoms with Crippen LogP contribution >= 0.6 is 31.9 Å². The van der Waals surface area contributed by atoms with Crippen molar-refractivity contribution in [2.45, 2.75) is 26.9 Å². The average Bonchev–Trinajstić information content (AvgIpc) is 3.60. The minimum atomic E-state index is -0.904. The molecule has 0 aliphatic rings. The summed E-state index contributed by atoms with van der Waals surface area (Å²) in [5.41, 5.74) is 5.62. The standard InChI is InChI=1S/C30H24Br2N8O4/c1-15-7-17(27(41)25(9-15)39-35-21-5-3-19(31)11-23(21)37-39)13-33-29(43)30(44)34-14-18-8-16(2)10-26(28(18)42)40-36-22-6-4-20(32)12-24(22)38-40/h3-12,41-42H,13-14H2,1-2H3,(H,33,43)(H,34,44). The molecule has 0 bridgehead atoms. The quantitative estimate of drug-likeness (QED) is 0.181. The summed E-state index contributed by atoms with van der Waals surface area (Å²) in [5, 5.41) is 44.8. The average molecular weight is 720 g/mol. The van der Waals surface area contributed by atoms with Gasteiger partial charge in [-0.1, -0.05) is 44.0 Å². The summed E-state index contributed by atoms with van der Waals surface area (Å²) >= 11 is 6.83. The van der Waals surface area contributed by atoms with Gasteiger partial charge in [-0.3, -0.25) is 9.59 Å². The summed E-state index contributed by atoms with van der Waals surface area (Å²) in [6, 6.07) is 17.8. The number of aromatic hydroxyl groups is 2. The number of fused-ring (bicyclic) bond motifs is 2. The third-order valence-electron chi connectivity index (χ3n) is 6.83. The molecule has 0 fully saturated rings. The van der Waals surface area contributed by atoms with Crippen LogP contribution in [0, 0.1) is 13.8 Å². The molecular formula is C30H24Br2N8O4. The predicted octanol–water partition coefficient (Wildman–Crippen LogP) is 4.64. The van der Waals surface area contributed by atoms with E-state index >= 15 is 0 Å². The molecule has 0 aliphatic heterocycles. The van der Waals surface area contributed by atoms with Crippen LogP contribution in [0.15, 0.2) is 69.6 Å². The number of hydrogen-bond donors (Lipinski definition) is 4. The van der Waals surface area contributed by atoms with Crippen molar-refractivity contribution < 1.29 is 19.8 Å². The van der Waals surface area contributed by atoms with Crippen LogP contribution in [0.4, 0.5) is 0 Å². The number of amides is 2. The first kappa shape index (κ1) is 29.3. The molecule has 0 radical (unpaired) electrons. The fourth-order valence-corrected chi connectivity index (χ4v) is 5.44. The predicted molar refractivity (Wildman–Crippen MR) is 170 cm³/mol. The van der Waals surface area contributed by atoms with Crippen LogP contribution in [0.3, 0.4) is 0 Å². The van der Waals surface area contributed by atoms with E-state index in [4.69, 9.17) is 0 Å². The third-order valence-corrected chi connectivity index (χ3v) is 7.81. The molecule has 0 saturated heterocycles. The van der Waals surface area contributed by atoms with Crippen molar-refractivity contribution in [1.82, 2.24) is 40.6 Å². The van der Waals surface area contributed by atoms with Gasteiger partial charge in [0.15, 0.2) is 0 Å². The summed E-state index contributed by atoms with van der Waals surface area (Å²) in [4.78, 5) is 28.0. The topological polar surface area (TPSA) is 160 Å². The van der Waals surface area contributed by atoms with Crippen molar-refractivity contribution in [3.05, 3.63) is 91.9 Å². The van der Waals surface area contributed by atoms with Crippen LogP contribution in [0.5, 0.6) is 11.5 Å². The van der Waals surface area contributed by atoms with Gasteiger partial charge in [0, 0.05) is 33.2 Å². The largest absolute Gasteiger partial charge is 0.505 e. The van der Waals surface area contributed by atoms with Crippen LogP contribution in [-0.2, 0) is 22.7 Å². The number of aryl methyl sites for hydroxylation is 2. The molecule has 12 nitrogen and oxygen atoms in total. The molecule has 6 rings (SSSR count). The van der Waals surface area contributed by atoms with Gasteiger partial charge in [-0.05, 0) is 73.5 Å². The molecule has 2 amide bonds. The molecule has 4 N–H and O–H groups in total. The Morgan fingerprint density at radius 3 is 1.43 bits per heavy atom. The Labute approximate surface area is 266 Å². The van der Waals surface area contributed by atoms with E-state index in [2.05, 4.69) is 62.9 Å². The number of hydrogen-bond acceptors (Lipinski definition) is 8. The lowest BCUT2D eigenvalue weighted by atomic mass is 10.1. The van der Waals surface area contributed by atoms with Gasteiger partial charge in [0.25, 0.3) is 0 Å². The molecule has 2 heterocycles. The number of halogens is 2. The van der Waals surface area contributed by atoms with E-state index in [0.717, 1.165) is 20.1 Å². The lowest BCUT2D eigenvalue weighted by molar-refractivity contribution is -0.139. The van der Waals surface area contributed by atoms with E-state index < -0.39 is 11.8 Å². The van der Waals surface area contributed by atoms with Crippen molar-refractivity contribution in [3.63, 3.8) is 0 Å². The van der Waals surface area contributed by atoms with Gasteiger partial charge < -0.3 is 20.8 Å². The number of nitrogens with one attached hydrogen (secondary N) is 2. The van der Waals surface area contributed by atoms with Gasteiger partial charge in [0.1, 0.15) is 44.9 Å². The molecule has 14 heteroatoms. The van der Waals surface area contributed by atoms with Crippen molar-refractivity contribution in [1.29, 1.82) is 0 Å². The summed E-state index contributed by atoms with van der Waals surface area (Å²) in [7, 11) is 0. The monoisotopic (exact) mass is 718 g/mol. The van der Waals surface area contributed by atoms with Crippen molar-refractivity contribution in [3.8, 4) is 22.9 Å². The van der Waals surface area contributed by atoms with Gasteiger partial charge in [-0.15, -0.1) is 30.0 Å². The van der Waals surface area contributed by atoms with E-state index in [1.165, 1.54) is 9.59 Å². The minimum absolute atomic E-state index is 0.117. The fourth-order valence-electron chi connectivity index (χ4n) is 4.74. The van der Waals surface area contributed by atoms with Crippen LogP contribution < -0.4 is 10.6 Å². The number of phenols is 2. The highest BCUT2D eigenvalue weighted by atomic mass is 79.9. The Balaban J connectivity index is 1.14. The number of benzene rings is 4. The molecule has 2 aromatic heterocycles. The normalized spacial score (nSPS) is 11.3. The van der Waals surface area contributed by atoms with Crippen molar-refractivity contribution in [2.24, 2.45) is 0 Å². The minimum Gasteiger partial charge on any atom is -0.505 e. The maximum atomic E-state index is 12.7. The fraction of sp³-hybridized carbons (Fsp3) is 0.133. The number of rotatable bonds is 6. The summed E-state index contributed by atoms with van der Waals surface area (Å²) in [6.07, 6.45) is 0. The van der Waals surface area contributed by atoms with Crippen molar-refractivity contribution in [2.75, 3.05) is 0 Å². The zero-order valence-electron chi connectivity index (χ0n) is 23.3. The second-order valence-electron chi connectivity index (χ2n) is 10.2. The molecule has 0 saturated carbocycles. The van der Waals surface area contributed by atoms with E-state index in [0.29, 0.717) is 44.6 Å². The van der Waals surface area contributed by atoms with Crippen LogP contribution in [0.25, 0.3) is 33.4 Å². The van der Waals surface area contributed by atoms with E-state index in [1.807, 2.05) is 50.2 Å². The number of nitrogens with zero attached hydrogens (tertiary/aromatic N) is 6. The molecule has 0 spiro atoms. The molecule has 0 aliphatic carbocycles. The third kappa shape index (κ3) is 5.85. The van der Waals surface area contributed by atoms with Crippen LogP contribution in [0.1, 0.15) is 22.3 Å². The smallest absolute Gasteiger partial charge is 0.309 e. The first-order valence-corrected chi connectivity index (χ1v) is 14.9. The van der Waals surface area contributed by atoms with Crippen LogP contribution in [-0.4, -0.2) is 52.0 Å². The highest BCUT2D eigenvalue weighted by Gasteiger charge is 2.19. The van der Waals surface area contributed by atoms with Gasteiger partial charge in [0.05, 0.1) is 0 Å². The summed E-state index contributed by atoms with van der Waals surface area (Å²) < 4.78 is 1.70. The highest BCUT2D eigenvalue weighted by molar-refractivity contribution is 9.10. The van der Waals surface area contributed by atoms with Gasteiger partial charge >= 0.3 is 11.8 Å². The van der Waals surface area contributed by atoms with Gasteiger partial charge in [0.2, 0.25) is 0 Å². The Bertz CT molecular complexity index is 1960. The number of aromatic nitrogens is 6. The molecule has 4 aromatic carbocycles. The molecule has 44 heavy (non-hydrogen) atoms. The van der Waals surface area contributed by atoms with E-state index in [-0.39, 0.29) is 24.6 Å². The Morgan fingerprint density at radius 2 is 1.02 bits per heavy atom. The first-order valence-electron chi connectivity index (χ1n) is 13.3. The van der Waals surface area contributed by atoms with Gasteiger partial charge in [-0.2, -0.15) is 0 Å². The second-order valence-corrected chi connectivity index (χ2v) is 12.0. The zero-order valence-corrected chi connectivity index (χ0v) is 26.5. The Morgan fingerprint density at radius 1 is 0.636 bits per heavy atom. The van der Waals surface area contributed by atoms with E-state index in [1.54, 1.807) is 24.3 Å². The molecular weight excluding hydrogens is 696 g/mol. The van der Waals surface area contributed by atoms with Crippen molar-refractivity contribution >= 4 is 65.7 Å². The van der Waals surface area contributed by atoms with E-state index in [9.17, 15) is 19.8 Å². The lowest BCUT2D eigenvalue weighted by Gasteiger charge is -2.13. The summed E-state index contributed by atoms with van der Waals surface area (Å²) in [5.74, 6) is -2.06. The SMILES string of the molecule is Cc1cc(CNC(=O)C(=O)NCc2cc(C)cc(-n3nc4ccc(Br)cc4n3)c2O)c(O)c(-n2nc3ccc(Br)cc3n2)c1. The maximum absolute atomic E-state index is 12.7.